The summed E-state index contributed by atoms with van der Waals surface area (Å²) in [6.07, 6.45) is 6.68. The Kier molecular flexibility index (Phi) is 5.07. The van der Waals surface area contributed by atoms with Gasteiger partial charge in [-0.3, -0.25) is 9.78 Å². The Morgan fingerprint density at radius 2 is 2.05 bits per heavy atom. The quantitative estimate of drug-likeness (QED) is 0.868. The Morgan fingerprint density at radius 1 is 1.30 bits per heavy atom. The molecule has 0 saturated heterocycles. The van der Waals surface area contributed by atoms with Crippen molar-refractivity contribution in [2.75, 3.05) is 0 Å². The lowest BCUT2D eigenvalue weighted by atomic mass is 10.1. The highest BCUT2D eigenvalue weighted by atomic mass is 79.9. The van der Waals surface area contributed by atoms with Crippen molar-refractivity contribution in [1.29, 1.82) is 0 Å². The van der Waals surface area contributed by atoms with E-state index in [-0.39, 0.29) is 11.9 Å². The molecule has 0 radical (unpaired) electrons. The van der Waals surface area contributed by atoms with Gasteiger partial charge < -0.3 is 5.32 Å². The van der Waals surface area contributed by atoms with Crippen LogP contribution in [0.2, 0.25) is 0 Å². The SMILES string of the molecule is CC(NC(=O)/C=C/c1cccnc1)c1ccc(Br)cc1. The Balaban J connectivity index is 1.94. The zero-order valence-corrected chi connectivity index (χ0v) is 12.7. The van der Waals surface area contributed by atoms with E-state index < -0.39 is 0 Å². The zero-order valence-electron chi connectivity index (χ0n) is 11.1. The molecule has 0 saturated carbocycles. The van der Waals surface area contributed by atoms with Gasteiger partial charge in [-0.05, 0) is 42.3 Å². The standard InChI is InChI=1S/C16H15BrN2O/c1-12(14-5-7-15(17)8-6-14)19-16(20)9-4-13-3-2-10-18-11-13/h2-12H,1H3,(H,19,20)/b9-4+. The fourth-order valence-corrected chi connectivity index (χ4v) is 2.01. The molecule has 1 atom stereocenters. The van der Waals surface area contributed by atoms with Gasteiger partial charge in [0.05, 0.1) is 6.04 Å². The number of aromatic nitrogens is 1. The molecule has 1 unspecified atom stereocenters. The van der Waals surface area contributed by atoms with Gasteiger partial charge in [-0.25, -0.2) is 0 Å². The smallest absolute Gasteiger partial charge is 0.244 e. The minimum Gasteiger partial charge on any atom is -0.346 e. The Morgan fingerprint density at radius 3 is 2.70 bits per heavy atom. The molecule has 102 valence electrons. The number of halogens is 1. The summed E-state index contributed by atoms with van der Waals surface area (Å²) in [7, 11) is 0. The van der Waals surface area contributed by atoms with Crippen LogP contribution in [0.1, 0.15) is 24.1 Å². The van der Waals surface area contributed by atoms with E-state index in [4.69, 9.17) is 0 Å². The van der Waals surface area contributed by atoms with Gasteiger partial charge in [-0.2, -0.15) is 0 Å². The van der Waals surface area contributed by atoms with E-state index in [1.165, 1.54) is 6.08 Å². The van der Waals surface area contributed by atoms with Crippen molar-refractivity contribution < 1.29 is 4.79 Å². The summed E-state index contributed by atoms with van der Waals surface area (Å²) in [4.78, 5) is 15.8. The van der Waals surface area contributed by atoms with Crippen molar-refractivity contribution in [3.05, 3.63) is 70.5 Å². The summed E-state index contributed by atoms with van der Waals surface area (Å²) < 4.78 is 1.02. The number of amides is 1. The second kappa shape index (κ2) is 7.01. The molecule has 1 aromatic heterocycles. The second-order valence-corrected chi connectivity index (χ2v) is 5.32. The van der Waals surface area contributed by atoms with Gasteiger partial charge in [0, 0.05) is 22.9 Å². The van der Waals surface area contributed by atoms with E-state index in [1.54, 1.807) is 18.5 Å². The third-order valence-electron chi connectivity index (χ3n) is 2.84. The first-order chi connectivity index (χ1) is 9.65. The monoisotopic (exact) mass is 330 g/mol. The van der Waals surface area contributed by atoms with Gasteiger partial charge in [0.2, 0.25) is 5.91 Å². The van der Waals surface area contributed by atoms with Crippen molar-refractivity contribution in [2.45, 2.75) is 13.0 Å². The minimum atomic E-state index is -0.121. The average molecular weight is 331 g/mol. The van der Waals surface area contributed by atoms with Crippen molar-refractivity contribution in [1.82, 2.24) is 10.3 Å². The number of nitrogens with one attached hydrogen (secondary N) is 1. The van der Waals surface area contributed by atoms with E-state index in [1.807, 2.05) is 43.3 Å². The molecular weight excluding hydrogens is 316 g/mol. The fourth-order valence-electron chi connectivity index (χ4n) is 1.74. The first-order valence-corrected chi connectivity index (χ1v) is 7.08. The van der Waals surface area contributed by atoms with Gasteiger partial charge in [0.25, 0.3) is 0 Å². The third kappa shape index (κ3) is 4.31. The molecule has 4 heteroatoms. The molecule has 0 aliphatic carbocycles. The zero-order chi connectivity index (χ0) is 14.4. The maximum Gasteiger partial charge on any atom is 0.244 e. The largest absolute Gasteiger partial charge is 0.346 e. The predicted octanol–water partition coefficient (Wildman–Crippen LogP) is 3.73. The first kappa shape index (κ1) is 14.5. The van der Waals surface area contributed by atoms with Crippen molar-refractivity contribution in [3.8, 4) is 0 Å². The molecule has 0 bridgehead atoms. The fraction of sp³-hybridized carbons (Fsp3) is 0.125. The lowest BCUT2D eigenvalue weighted by molar-refractivity contribution is -0.117. The van der Waals surface area contributed by atoms with Crippen LogP contribution in [-0.2, 0) is 4.79 Å². The van der Waals surface area contributed by atoms with Crippen LogP contribution in [-0.4, -0.2) is 10.9 Å². The highest BCUT2D eigenvalue weighted by Crippen LogP contribution is 2.16. The normalized spacial score (nSPS) is 12.3. The van der Waals surface area contributed by atoms with E-state index in [2.05, 4.69) is 26.2 Å². The molecule has 0 aliphatic heterocycles. The molecule has 1 amide bonds. The van der Waals surface area contributed by atoms with Gasteiger partial charge in [0.15, 0.2) is 0 Å². The Labute approximate surface area is 126 Å². The topological polar surface area (TPSA) is 42.0 Å². The Bertz CT molecular complexity index is 594. The van der Waals surface area contributed by atoms with Crippen LogP contribution in [0.15, 0.2) is 59.3 Å². The van der Waals surface area contributed by atoms with Gasteiger partial charge in [0.1, 0.15) is 0 Å². The number of benzene rings is 1. The van der Waals surface area contributed by atoms with Crippen molar-refractivity contribution >= 4 is 27.9 Å². The number of nitrogens with zero attached hydrogens (tertiary/aromatic N) is 1. The number of carbonyl (C=O) groups excluding carboxylic acids is 1. The summed E-state index contributed by atoms with van der Waals surface area (Å²) in [6.45, 7) is 1.96. The van der Waals surface area contributed by atoms with Crippen molar-refractivity contribution in [3.63, 3.8) is 0 Å². The van der Waals surface area contributed by atoms with Crippen molar-refractivity contribution in [2.24, 2.45) is 0 Å². The molecule has 0 fully saturated rings. The number of carbonyl (C=O) groups is 1. The van der Waals surface area contributed by atoms with E-state index in [0.29, 0.717) is 0 Å². The van der Waals surface area contributed by atoms with Gasteiger partial charge in [-0.15, -0.1) is 0 Å². The number of hydrogen-bond donors (Lipinski definition) is 1. The minimum absolute atomic E-state index is 0.0332. The first-order valence-electron chi connectivity index (χ1n) is 6.29. The van der Waals surface area contributed by atoms with E-state index in [0.717, 1.165) is 15.6 Å². The predicted molar refractivity (Wildman–Crippen MR) is 84.0 cm³/mol. The molecular formula is C16H15BrN2O. The van der Waals surface area contributed by atoms with Crippen LogP contribution in [0.5, 0.6) is 0 Å². The molecule has 0 aliphatic rings. The second-order valence-electron chi connectivity index (χ2n) is 4.40. The van der Waals surface area contributed by atoms with Gasteiger partial charge >= 0.3 is 0 Å². The number of rotatable bonds is 4. The third-order valence-corrected chi connectivity index (χ3v) is 3.37. The maximum absolute atomic E-state index is 11.8. The van der Waals surface area contributed by atoms with Crippen LogP contribution < -0.4 is 5.32 Å². The van der Waals surface area contributed by atoms with Crippen LogP contribution in [0.3, 0.4) is 0 Å². The summed E-state index contributed by atoms with van der Waals surface area (Å²) in [5.41, 5.74) is 1.97. The molecule has 20 heavy (non-hydrogen) atoms. The molecule has 1 aromatic carbocycles. The summed E-state index contributed by atoms with van der Waals surface area (Å²) in [6, 6.07) is 11.6. The molecule has 3 nitrogen and oxygen atoms in total. The Hall–Kier alpha value is -1.94. The lowest BCUT2D eigenvalue weighted by Gasteiger charge is -2.12. The highest BCUT2D eigenvalue weighted by molar-refractivity contribution is 9.10. The maximum atomic E-state index is 11.8. The summed E-state index contributed by atoms with van der Waals surface area (Å²) in [5, 5.41) is 2.92. The molecule has 1 N–H and O–H groups in total. The van der Waals surface area contributed by atoms with Crippen LogP contribution in [0, 0.1) is 0 Å². The summed E-state index contributed by atoms with van der Waals surface area (Å²) >= 11 is 3.39. The van der Waals surface area contributed by atoms with E-state index in [9.17, 15) is 4.79 Å². The molecule has 2 rings (SSSR count). The van der Waals surface area contributed by atoms with Gasteiger partial charge in [-0.1, -0.05) is 34.1 Å². The molecule has 1 heterocycles. The lowest BCUT2D eigenvalue weighted by Crippen LogP contribution is -2.24. The van der Waals surface area contributed by atoms with Crippen LogP contribution in [0.25, 0.3) is 6.08 Å². The van der Waals surface area contributed by atoms with Crippen LogP contribution >= 0.6 is 15.9 Å². The summed E-state index contributed by atoms with van der Waals surface area (Å²) in [5.74, 6) is -0.121. The molecule has 2 aromatic rings. The number of pyridine rings is 1. The van der Waals surface area contributed by atoms with E-state index >= 15 is 0 Å². The highest BCUT2D eigenvalue weighted by Gasteiger charge is 2.06. The van der Waals surface area contributed by atoms with Crippen LogP contribution in [0.4, 0.5) is 0 Å². The average Bonchev–Trinajstić information content (AvgIpc) is 2.47. The number of hydrogen-bond acceptors (Lipinski definition) is 2. The molecule has 0 spiro atoms.